The number of methoxy groups -OCH3 is 1. The number of nitro groups is 1. The first-order chi connectivity index (χ1) is 14.8. The summed E-state index contributed by atoms with van der Waals surface area (Å²) in [6, 6.07) is 10.2. The molecule has 0 atom stereocenters. The van der Waals surface area contributed by atoms with E-state index in [2.05, 4.69) is 4.99 Å². The van der Waals surface area contributed by atoms with E-state index < -0.39 is 10.9 Å². The van der Waals surface area contributed by atoms with Crippen molar-refractivity contribution < 1.29 is 29.4 Å². The van der Waals surface area contributed by atoms with Gasteiger partial charge in [-0.3, -0.25) is 10.1 Å². The molecule has 0 aliphatic carbocycles. The van der Waals surface area contributed by atoms with Crippen LogP contribution < -0.4 is 4.74 Å². The van der Waals surface area contributed by atoms with Crippen molar-refractivity contribution in [3.05, 3.63) is 74.4 Å². The van der Waals surface area contributed by atoms with Crippen LogP contribution in [-0.4, -0.2) is 39.9 Å². The number of carbonyl (C=O) groups excluding carboxylic acids is 1. The molecule has 0 radical (unpaired) electrons. The first-order valence-electron chi connectivity index (χ1n) is 9.04. The van der Waals surface area contributed by atoms with Crippen LogP contribution in [0.25, 0.3) is 6.08 Å². The highest BCUT2D eigenvalue weighted by molar-refractivity contribution is 8.18. The standard InChI is InChI=1S/C21H18N2O7S/c1-3-30-21(26)18-19(25)17(11-12-4-9-16(29-2)15(24)10-12)31-20(18)22-13-5-7-14(8-6-13)23(27)28/h4-11,24-25H,3H2,1-2H3. The molecule has 31 heavy (non-hydrogen) atoms. The molecule has 0 saturated heterocycles. The van der Waals surface area contributed by atoms with Crippen LogP contribution in [-0.2, 0) is 9.53 Å². The van der Waals surface area contributed by atoms with Crippen molar-refractivity contribution in [2.75, 3.05) is 13.7 Å². The van der Waals surface area contributed by atoms with Gasteiger partial charge in [0.15, 0.2) is 11.5 Å². The minimum absolute atomic E-state index is 0.0753. The second-order valence-corrected chi connectivity index (χ2v) is 7.21. The Kier molecular flexibility index (Phi) is 6.61. The Hall–Kier alpha value is -3.79. The van der Waals surface area contributed by atoms with Gasteiger partial charge in [0.1, 0.15) is 16.4 Å². The average molecular weight is 442 g/mol. The molecule has 10 heteroatoms. The number of benzene rings is 2. The minimum atomic E-state index is -0.742. The molecule has 0 saturated carbocycles. The lowest BCUT2D eigenvalue weighted by atomic mass is 10.1. The van der Waals surface area contributed by atoms with Gasteiger partial charge >= 0.3 is 5.97 Å². The number of phenolic OH excluding ortho intramolecular Hbond substituents is 1. The maximum absolute atomic E-state index is 12.4. The Balaban J connectivity index is 2.01. The summed E-state index contributed by atoms with van der Waals surface area (Å²) < 4.78 is 10.1. The second kappa shape index (κ2) is 9.35. The molecule has 2 aromatic carbocycles. The van der Waals surface area contributed by atoms with E-state index >= 15 is 0 Å². The number of hydrogen-bond acceptors (Lipinski definition) is 9. The van der Waals surface area contributed by atoms with Gasteiger partial charge in [-0.15, -0.1) is 0 Å². The summed E-state index contributed by atoms with van der Waals surface area (Å²) in [5.41, 5.74) is 0.735. The second-order valence-electron chi connectivity index (χ2n) is 6.18. The molecule has 0 aromatic heterocycles. The molecule has 2 N–H and O–H groups in total. The highest BCUT2D eigenvalue weighted by Crippen LogP contribution is 2.41. The number of esters is 1. The third-order valence-electron chi connectivity index (χ3n) is 4.16. The quantitative estimate of drug-likeness (QED) is 0.380. The first-order valence-corrected chi connectivity index (χ1v) is 9.86. The number of aliphatic hydroxyl groups excluding tert-OH is 1. The zero-order valence-corrected chi connectivity index (χ0v) is 17.4. The summed E-state index contributed by atoms with van der Waals surface area (Å²) in [5.74, 6) is -0.823. The molecule has 2 aromatic rings. The number of rotatable bonds is 6. The van der Waals surface area contributed by atoms with Crippen molar-refractivity contribution in [2.45, 2.75) is 6.92 Å². The number of nitrogens with zero attached hydrogens (tertiary/aromatic N) is 2. The predicted octanol–water partition coefficient (Wildman–Crippen LogP) is 4.50. The van der Waals surface area contributed by atoms with Crippen LogP contribution in [0.2, 0.25) is 0 Å². The van der Waals surface area contributed by atoms with E-state index in [1.807, 2.05) is 0 Å². The van der Waals surface area contributed by atoms with Crippen LogP contribution in [0, 0.1) is 10.1 Å². The number of aliphatic hydroxyl groups is 1. The highest BCUT2D eigenvalue weighted by Gasteiger charge is 2.33. The fourth-order valence-corrected chi connectivity index (χ4v) is 3.74. The minimum Gasteiger partial charge on any atom is -0.506 e. The molecule has 1 aliphatic rings. The maximum atomic E-state index is 12.4. The van der Waals surface area contributed by atoms with Gasteiger partial charge < -0.3 is 19.7 Å². The SMILES string of the molecule is CCOC(=O)C1=C(O)C(=Cc2ccc(OC)c(O)c2)SC1=Nc1ccc([N+](=O)[O-])cc1. The van der Waals surface area contributed by atoms with Crippen LogP contribution in [0.5, 0.6) is 11.5 Å². The monoisotopic (exact) mass is 442 g/mol. The molecule has 9 nitrogen and oxygen atoms in total. The number of thioether (sulfide) groups is 1. The number of nitro benzene ring substituents is 1. The van der Waals surface area contributed by atoms with Gasteiger partial charge in [-0.25, -0.2) is 9.79 Å². The Bertz CT molecular complexity index is 1120. The van der Waals surface area contributed by atoms with E-state index in [0.29, 0.717) is 21.9 Å². The summed E-state index contributed by atoms with van der Waals surface area (Å²) in [6.07, 6.45) is 1.58. The van der Waals surface area contributed by atoms with E-state index in [-0.39, 0.29) is 34.4 Å². The lowest BCUT2D eigenvalue weighted by Gasteiger charge is -2.04. The van der Waals surface area contributed by atoms with Crippen LogP contribution in [0.1, 0.15) is 12.5 Å². The molecule has 0 spiro atoms. The molecule has 160 valence electrons. The smallest absolute Gasteiger partial charge is 0.344 e. The predicted molar refractivity (Wildman–Crippen MR) is 117 cm³/mol. The average Bonchev–Trinajstić information content (AvgIpc) is 3.03. The van der Waals surface area contributed by atoms with Crippen molar-refractivity contribution in [3.8, 4) is 11.5 Å². The summed E-state index contributed by atoms with van der Waals surface area (Å²) in [6.45, 7) is 1.75. The molecule has 1 heterocycles. The van der Waals surface area contributed by atoms with Gasteiger partial charge in [-0.2, -0.15) is 0 Å². The Morgan fingerprint density at radius 1 is 1.23 bits per heavy atom. The maximum Gasteiger partial charge on any atom is 0.344 e. The number of hydrogen-bond donors (Lipinski definition) is 2. The number of phenols is 1. The van der Waals surface area contributed by atoms with E-state index in [9.17, 15) is 25.1 Å². The molecule has 0 amide bonds. The van der Waals surface area contributed by atoms with Crippen LogP contribution in [0.15, 0.2) is 63.7 Å². The number of non-ortho nitro benzene ring substituents is 1. The van der Waals surface area contributed by atoms with Gasteiger partial charge in [-0.1, -0.05) is 17.8 Å². The van der Waals surface area contributed by atoms with Crippen molar-refractivity contribution in [3.63, 3.8) is 0 Å². The summed E-state index contributed by atoms with van der Waals surface area (Å²) in [4.78, 5) is 27.4. The topological polar surface area (TPSA) is 131 Å². The molecule has 3 rings (SSSR count). The van der Waals surface area contributed by atoms with Crippen LogP contribution in [0.4, 0.5) is 11.4 Å². The summed E-state index contributed by atoms with van der Waals surface area (Å²) in [5, 5.41) is 31.7. The molecule has 0 unspecified atom stereocenters. The third-order valence-corrected chi connectivity index (χ3v) is 5.18. The van der Waals surface area contributed by atoms with E-state index in [1.165, 1.54) is 37.4 Å². The van der Waals surface area contributed by atoms with Crippen molar-refractivity contribution in [1.82, 2.24) is 0 Å². The Morgan fingerprint density at radius 2 is 1.94 bits per heavy atom. The normalized spacial score (nSPS) is 16.1. The largest absolute Gasteiger partial charge is 0.506 e. The Labute approximate surface area is 181 Å². The van der Waals surface area contributed by atoms with Crippen LogP contribution >= 0.6 is 11.8 Å². The van der Waals surface area contributed by atoms with Gasteiger partial charge in [-0.05, 0) is 42.8 Å². The first kappa shape index (κ1) is 21.9. The summed E-state index contributed by atoms with van der Waals surface area (Å²) >= 11 is 1.04. The third kappa shape index (κ3) is 4.86. The van der Waals surface area contributed by atoms with Crippen LogP contribution in [0.3, 0.4) is 0 Å². The van der Waals surface area contributed by atoms with Crippen molar-refractivity contribution in [2.24, 2.45) is 4.99 Å². The highest BCUT2D eigenvalue weighted by atomic mass is 32.2. The molecular weight excluding hydrogens is 424 g/mol. The Morgan fingerprint density at radius 3 is 2.52 bits per heavy atom. The zero-order chi connectivity index (χ0) is 22.5. The van der Waals surface area contributed by atoms with Gasteiger partial charge in [0, 0.05) is 12.1 Å². The van der Waals surface area contributed by atoms with Crippen molar-refractivity contribution >= 4 is 40.2 Å². The van der Waals surface area contributed by atoms with Gasteiger partial charge in [0.25, 0.3) is 5.69 Å². The van der Waals surface area contributed by atoms with Crippen molar-refractivity contribution in [1.29, 1.82) is 0 Å². The molecule has 0 fully saturated rings. The van der Waals surface area contributed by atoms with E-state index in [0.717, 1.165) is 11.8 Å². The van der Waals surface area contributed by atoms with E-state index in [1.54, 1.807) is 25.1 Å². The number of aromatic hydroxyl groups is 1. The fraction of sp³-hybridized carbons (Fsp3) is 0.143. The van der Waals surface area contributed by atoms with Gasteiger partial charge in [0.05, 0.1) is 29.2 Å². The zero-order valence-electron chi connectivity index (χ0n) is 16.6. The van der Waals surface area contributed by atoms with Gasteiger partial charge in [0.2, 0.25) is 0 Å². The fourth-order valence-electron chi connectivity index (χ4n) is 2.71. The number of ether oxygens (including phenoxy) is 2. The molecular formula is C21H18N2O7S. The lowest BCUT2D eigenvalue weighted by Crippen LogP contribution is -2.12. The van der Waals surface area contributed by atoms with E-state index in [4.69, 9.17) is 9.47 Å². The molecule has 0 bridgehead atoms. The summed E-state index contributed by atoms with van der Waals surface area (Å²) in [7, 11) is 1.43. The molecule has 1 aliphatic heterocycles. The lowest BCUT2D eigenvalue weighted by molar-refractivity contribution is -0.384. The number of carbonyl (C=O) groups is 1. The number of aliphatic imine (C=N–C) groups is 1.